The Kier molecular flexibility index (Phi) is 8.17. The highest BCUT2D eigenvalue weighted by atomic mass is 16.7. The van der Waals surface area contributed by atoms with Crippen molar-refractivity contribution in [2.75, 3.05) is 20.3 Å². The summed E-state index contributed by atoms with van der Waals surface area (Å²) in [4.78, 5) is 26.0. The molecule has 5 aliphatic rings. The third-order valence-electron chi connectivity index (χ3n) is 14.4. The van der Waals surface area contributed by atoms with Gasteiger partial charge in [0.1, 0.15) is 18.8 Å². The topological polar surface area (TPSA) is 102 Å². The van der Waals surface area contributed by atoms with Crippen LogP contribution >= 0.6 is 0 Å². The van der Waals surface area contributed by atoms with E-state index in [1.807, 2.05) is 0 Å². The van der Waals surface area contributed by atoms with Crippen LogP contribution in [0.2, 0.25) is 0 Å². The van der Waals surface area contributed by atoms with Crippen molar-refractivity contribution in [1.82, 2.24) is 0 Å². The maximum absolute atomic E-state index is 13.5. The third kappa shape index (κ3) is 4.41. The zero-order valence-corrected chi connectivity index (χ0v) is 27.2. The molecule has 5 rings (SSSR count). The Hall–Kier alpha value is -1.60. The van der Waals surface area contributed by atoms with Crippen LogP contribution in [0.4, 0.5) is 4.79 Å². The van der Waals surface area contributed by atoms with E-state index in [1.54, 1.807) is 7.11 Å². The first-order valence-electron chi connectivity index (χ1n) is 16.5. The van der Waals surface area contributed by atoms with Gasteiger partial charge in [-0.05, 0) is 117 Å². The summed E-state index contributed by atoms with van der Waals surface area (Å²) in [6.07, 6.45) is 8.17. The van der Waals surface area contributed by atoms with Gasteiger partial charge in [-0.15, -0.1) is 0 Å². The van der Waals surface area contributed by atoms with Crippen molar-refractivity contribution < 1.29 is 34.0 Å². The Labute approximate surface area is 253 Å². The first-order valence-corrected chi connectivity index (χ1v) is 16.5. The van der Waals surface area contributed by atoms with Crippen molar-refractivity contribution in [1.29, 1.82) is 0 Å². The zero-order chi connectivity index (χ0) is 30.9. The minimum absolute atomic E-state index is 0.00529. The summed E-state index contributed by atoms with van der Waals surface area (Å²) in [5.74, 6) is 2.14. The van der Waals surface area contributed by atoms with Gasteiger partial charge in [0.2, 0.25) is 0 Å². The number of fused-ring (bicyclic) bond motifs is 7. The number of ether oxygens (including phenoxy) is 3. The summed E-state index contributed by atoms with van der Waals surface area (Å²) in [6, 6.07) is 0. The van der Waals surface area contributed by atoms with E-state index in [4.69, 9.17) is 19.3 Å². The first kappa shape index (κ1) is 31.8. The average molecular weight is 589 g/mol. The zero-order valence-electron chi connectivity index (χ0n) is 27.2. The maximum atomic E-state index is 13.5. The fraction of sp³-hybridized carbons (Fsp3) is 0.886. The van der Waals surface area contributed by atoms with Crippen LogP contribution in [0.1, 0.15) is 106 Å². The summed E-state index contributed by atoms with van der Waals surface area (Å²) in [7, 11) is 1.57. The molecule has 7 nitrogen and oxygen atoms in total. The van der Waals surface area contributed by atoms with Gasteiger partial charge in [-0.2, -0.15) is 0 Å². The molecule has 5 aliphatic carbocycles. The summed E-state index contributed by atoms with van der Waals surface area (Å²) in [6.45, 7) is 18.0. The van der Waals surface area contributed by atoms with Gasteiger partial charge in [0, 0.05) is 5.41 Å². The molecule has 0 aromatic carbocycles. The van der Waals surface area contributed by atoms with E-state index in [1.165, 1.54) is 12.0 Å². The second-order valence-corrected chi connectivity index (χ2v) is 16.2. The van der Waals surface area contributed by atoms with Crippen molar-refractivity contribution >= 4 is 12.1 Å². The predicted octanol–water partition coefficient (Wildman–Crippen LogP) is 6.69. The summed E-state index contributed by atoms with van der Waals surface area (Å²) < 4.78 is 16.5. The lowest BCUT2D eigenvalue weighted by molar-refractivity contribution is -0.249. The molecular formula is C35H56O7. The van der Waals surface area contributed by atoms with Gasteiger partial charge in [0.25, 0.3) is 0 Å². The average Bonchev–Trinajstić information content (AvgIpc) is 3.34. The van der Waals surface area contributed by atoms with Crippen molar-refractivity contribution in [3.05, 3.63) is 12.2 Å². The van der Waals surface area contributed by atoms with Crippen molar-refractivity contribution in [2.45, 2.75) is 118 Å². The minimum atomic E-state index is -1.10. The van der Waals surface area contributed by atoms with Gasteiger partial charge in [-0.1, -0.05) is 46.8 Å². The Bertz CT molecular complexity index is 1090. The van der Waals surface area contributed by atoms with Gasteiger partial charge >= 0.3 is 12.1 Å². The van der Waals surface area contributed by atoms with Gasteiger partial charge in [0.15, 0.2) is 0 Å². The molecule has 238 valence electrons. The summed E-state index contributed by atoms with van der Waals surface area (Å²) in [5.41, 5.74) is 1.06. The summed E-state index contributed by atoms with van der Waals surface area (Å²) in [5, 5.41) is 18.6. The van der Waals surface area contributed by atoms with E-state index in [0.717, 1.165) is 57.8 Å². The quantitative estimate of drug-likeness (QED) is 0.263. The lowest BCUT2D eigenvalue weighted by Gasteiger charge is -2.72. The lowest BCUT2D eigenvalue weighted by Crippen LogP contribution is -2.67. The van der Waals surface area contributed by atoms with Crippen LogP contribution < -0.4 is 0 Å². The second-order valence-electron chi connectivity index (χ2n) is 16.2. The molecular weight excluding hydrogens is 532 g/mol. The van der Waals surface area contributed by atoms with Gasteiger partial charge in [-0.25, -0.2) is 4.79 Å². The number of aliphatic hydroxyl groups excluding tert-OH is 2. The van der Waals surface area contributed by atoms with E-state index in [0.29, 0.717) is 29.6 Å². The number of esters is 1. The van der Waals surface area contributed by atoms with Crippen LogP contribution in [-0.4, -0.2) is 54.9 Å². The molecule has 5 saturated carbocycles. The van der Waals surface area contributed by atoms with Crippen LogP contribution in [0.25, 0.3) is 0 Å². The van der Waals surface area contributed by atoms with Crippen LogP contribution in [-0.2, 0) is 19.0 Å². The molecule has 0 aromatic rings. The monoisotopic (exact) mass is 588 g/mol. The van der Waals surface area contributed by atoms with Gasteiger partial charge < -0.3 is 24.4 Å². The Morgan fingerprint density at radius 2 is 1.62 bits per heavy atom. The number of hydrogen-bond donors (Lipinski definition) is 2. The van der Waals surface area contributed by atoms with E-state index >= 15 is 0 Å². The van der Waals surface area contributed by atoms with Gasteiger partial charge in [-0.3, -0.25) is 4.79 Å². The number of carbonyl (C=O) groups is 2. The number of aliphatic hydroxyl groups is 2. The molecule has 2 N–H and O–H groups in total. The van der Waals surface area contributed by atoms with Crippen LogP contribution in [0.5, 0.6) is 0 Å². The number of carbonyl (C=O) groups excluding carboxylic acids is 2. The number of rotatable bonds is 6. The molecule has 0 aliphatic heterocycles. The SMILES string of the molecule is C=C(C)[C@@H]1CC[C@]2(C(=O)OC)CC[C@]3(C)[C@H](CCC4[C@@]5(C)CC[C@H](OC(=O)OCC(O)CO)C(C)(C)[C@@H]5CC[C@]43C)[C@@H]12. The first-order chi connectivity index (χ1) is 19.6. The fourth-order valence-corrected chi connectivity index (χ4v) is 12.3. The standard InChI is InChI=1S/C35H56O7/c1-21(2)23-11-16-35(29(38)40-8)18-17-33(6)24(28(23)35)9-10-26-32(5)14-13-27(42-30(39)41-20-22(37)19-36)31(3,4)25(32)12-15-34(26,33)7/h22-28,36-37H,1,9-20H2,2-8H3/t22?,23-,24+,25-,26?,27-,28+,32-,33+,34+,35-/m0/s1. The highest BCUT2D eigenvalue weighted by Gasteiger charge is 2.72. The van der Waals surface area contributed by atoms with Gasteiger partial charge in [0.05, 0.1) is 19.1 Å². The molecule has 0 bridgehead atoms. The minimum Gasteiger partial charge on any atom is -0.469 e. The van der Waals surface area contributed by atoms with E-state index < -0.39 is 18.9 Å². The van der Waals surface area contributed by atoms with E-state index in [2.05, 4.69) is 48.1 Å². The number of methoxy groups -OCH3 is 1. The molecule has 0 heterocycles. The van der Waals surface area contributed by atoms with Crippen molar-refractivity contribution in [2.24, 2.45) is 56.7 Å². The molecule has 5 fully saturated rings. The highest BCUT2D eigenvalue weighted by Crippen LogP contribution is 2.77. The number of allylic oxidation sites excluding steroid dienone is 1. The molecule has 42 heavy (non-hydrogen) atoms. The number of hydrogen-bond acceptors (Lipinski definition) is 7. The van der Waals surface area contributed by atoms with Crippen molar-refractivity contribution in [3.63, 3.8) is 0 Å². The molecule has 0 spiro atoms. The Morgan fingerprint density at radius 3 is 2.26 bits per heavy atom. The molecule has 0 aromatic heterocycles. The largest absolute Gasteiger partial charge is 0.508 e. The molecule has 7 heteroatoms. The lowest BCUT2D eigenvalue weighted by atomic mass is 9.32. The second kappa shape index (κ2) is 10.8. The fourth-order valence-electron chi connectivity index (χ4n) is 12.3. The molecule has 0 saturated heterocycles. The van der Waals surface area contributed by atoms with Crippen LogP contribution in [0.3, 0.4) is 0 Å². The molecule has 0 radical (unpaired) electrons. The predicted molar refractivity (Wildman–Crippen MR) is 160 cm³/mol. The Balaban J connectivity index is 1.41. The van der Waals surface area contributed by atoms with Crippen LogP contribution in [0, 0.1) is 56.7 Å². The normalized spacial score (nSPS) is 46.2. The Morgan fingerprint density at radius 1 is 0.905 bits per heavy atom. The summed E-state index contributed by atoms with van der Waals surface area (Å²) >= 11 is 0. The van der Waals surface area contributed by atoms with Crippen LogP contribution in [0.15, 0.2) is 12.2 Å². The smallest absolute Gasteiger partial charge is 0.469 e. The maximum Gasteiger partial charge on any atom is 0.508 e. The molecule has 11 atom stereocenters. The molecule has 0 amide bonds. The van der Waals surface area contributed by atoms with E-state index in [-0.39, 0.29) is 45.8 Å². The molecule has 2 unspecified atom stereocenters. The van der Waals surface area contributed by atoms with E-state index in [9.17, 15) is 14.7 Å². The van der Waals surface area contributed by atoms with Crippen molar-refractivity contribution in [3.8, 4) is 0 Å². The highest BCUT2D eigenvalue weighted by molar-refractivity contribution is 5.78. The third-order valence-corrected chi connectivity index (χ3v) is 14.4.